The van der Waals surface area contributed by atoms with Gasteiger partial charge in [-0.05, 0) is 13.8 Å². The van der Waals surface area contributed by atoms with E-state index in [1.54, 1.807) is 20.0 Å². The van der Waals surface area contributed by atoms with Crippen LogP contribution in [0.4, 0.5) is 10.5 Å². The van der Waals surface area contributed by atoms with Crippen molar-refractivity contribution in [3.8, 4) is 0 Å². The summed E-state index contributed by atoms with van der Waals surface area (Å²) in [7, 11) is 0. The van der Waals surface area contributed by atoms with Crippen molar-refractivity contribution in [3.05, 3.63) is 17.7 Å². The van der Waals surface area contributed by atoms with E-state index in [-0.39, 0.29) is 6.03 Å². The van der Waals surface area contributed by atoms with Gasteiger partial charge >= 0.3 is 6.03 Å². The molecule has 2 heterocycles. The van der Waals surface area contributed by atoms with Gasteiger partial charge in [0.15, 0.2) is 5.76 Å². The Morgan fingerprint density at radius 3 is 3.00 bits per heavy atom. The van der Waals surface area contributed by atoms with Crippen LogP contribution in [0.1, 0.15) is 11.5 Å². The molecule has 2 rings (SSSR count). The van der Waals surface area contributed by atoms with E-state index in [2.05, 4.69) is 31.2 Å². The largest absolute Gasteiger partial charge is 0.359 e. The molecule has 0 radical (unpaired) electrons. The Labute approximate surface area is 113 Å². The minimum atomic E-state index is -0.282. The van der Waals surface area contributed by atoms with Gasteiger partial charge in [-0.25, -0.2) is 4.79 Å². The first-order valence-corrected chi connectivity index (χ1v) is 6.61. The highest BCUT2D eigenvalue weighted by Gasteiger charge is 2.11. The maximum absolute atomic E-state index is 11.6. The van der Waals surface area contributed by atoms with Crippen LogP contribution in [0, 0.1) is 13.8 Å². The van der Waals surface area contributed by atoms with Gasteiger partial charge in [0, 0.05) is 12.3 Å². The molecule has 0 spiro atoms. The third kappa shape index (κ3) is 3.71. The van der Waals surface area contributed by atoms with E-state index in [9.17, 15) is 4.79 Å². The Morgan fingerprint density at radius 2 is 2.37 bits per heavy atom. The fourth-order valence-corrected chi connectivity index (χ4v) is 2.05. The van der Waals surface area contributed by atoms with Crippen LogP contribution in [0.5, 0.6) is 0 Å². The fourth-order valence-electron chi connectivity index (χ4n) is 1.40. The summed E-state index contributed by atoms with van der Waals surface area (Å²) in [5, 5.41) is 20.1. The molecule has 102 valence electrons. The number of aromatic amines is 1. The number of rotatable bonds is 5. The van der Waals surface area contributed by atoms with Crippen LogP contribution in [0.25, 0.3) is 0 Å². The van der Waals surface area contributed by atoms with Crippen LogP contribution in [-0.2, 0) is 0 Å². The van der Waals surface area contributed by atoms with Gasteiger partial charge in [0.05, 0.1) is 6.20 Å². The number of hydrogen-bond donors (Lipinski definition) is 3. The van der Waals surface area contributed by atoms with Gasteiger partial charge in [-0.3, -0.25) is 0 Å². The fraction of sp³-hybridized carbons (Fsp3) is 0.400. The Morgan fingerprint density at radius 1 is 1.53 bits per heavy atom. The zero-order chi connectivity index (χ0) is 13.7. The molecule has 0 bridgehead atoms. The molecule has 8 nitrogen and oxygen atoms in total. The number of amides is 2. The molecule has 0 aliphatic carbocycles. The van der Waals surface area contributed by atoms with Crippen molar-refractivity contribution in [2.75, 3.05) is 17.6 Å². The van der Waals surface area contributed by atoms with Gasteiger partial charge in [-0.15, -0.1) is 16.9 Å². The van der Waals surface area contributed by atoms with Gasteiger partial charge in [-0.1, -0.05) is 5.16 Å². The average Bonchev–Trinajstić information content (AvgIpc) is 3.00. The smallest absolute Gasteiger partial charge is 0.319 e. The highest BCUT2D eigenvalue weighted by molar-refractivity contribution is 7.99. The average molecular weight is 282 g/mol. The van der Waals surface area contributed by atoms with Crippen LogP contribution < -0.4 is 10.6 Å². The van der Waals surface area contributed by atoms with E-state index in [0.29, 0.717) is 29.4 Å². The first-order chi connectivity index (χ1) is 9.16. The number of anilines is 1. The molecule has 0 fully saturated rings. The summed E-state index contributed by atoms with van der Waals surface area (Å²) < 4.78 is 4.96. The topological polar surface area (TPSA) is 109 Å². The Bertz CT molecular complexity index is 519. The molecule has 0 atom stereocenters. The van der Waals surface area contributed by atoms with Crippen molar-refractivity contribution in [2.24, 2.45) is 0 Å². The molecule has 0 unspecified atom stereocenters. The molecular formula is C10H14N6O2S. The molecule has 0 aromatic carbocycles. The van der Waals surface area contributed by atoms with Crippen molar-refractivity contribution in [3.63, 3.8) is 0 Å². The summed E-state index contributed by atoms with van der Waals surface area (Å²) in [6, 6.07) is -0.282. The first kappa shape index (κ1) is 13.4. The van der Waals surface area contributed by atoms with Gasteiger partial charge in [0.2, 0.25) is 0 Å². The summed E-state index contributed by atoms with van der Waals surface area (Å²) in [6.07, 6.45) is 1.63. The van der Waals surface area contributed by atoms with Gasteiger partial charge in [0.1, 0.15) is 16.4 Å². The summed E-state index contributed by atoms with van der Waals surface area (Å²) in [5.41, 5.74) is 1.27. The molecular weight excluding hydrogens is 268 g/mol. The van der Waals surface area contributed by atoms with Crippen LogP contribution >= 0.6 is 11.8 Å². The number of H-pyrrole nitrogens is 1. The van der Waals surface area contributed by atoms with Crippen LogP contribution in [0.2, 0.25) is 0 Å². The highest BCUT2D eigenvalue weighted by Crippen LogP contribution is 2.18. The number of thioether (sulfide) groups is 1. The Kier molecular flexibility index (Phi) is 4.39. The van der Waals surface area contributed by atoms with Crippen molar-refractivity contribution < 1.29 is 9.32 Å². The standard InChI is InChI=1S/C10H14N6O2S/c1-6-9(7(2)18-15-6)13-10(17)11-3-4-19-8-5-12-16-14-8/h5H,3-4H2,1-2H3,(H2,11,13,17)(H,12,14,16). The van der Waals surface area contributed by atoms with E-state index in [4.69, 9.17) is 4.52 Å². The summed E-state index contributed by atoms with van der Waals surface area (Å²) in [4.78, 5) is 11.6. The van der Waals surface area contributed by atoms with Crippen LogP contribution in [0.15, 0.2) is 15.7 Å². The Hall–Kier alpha value is -2.03. The molecule has 0 saturated heterocycles. The summed E-state index contributed by atoms with van der Waals surface area (Å²) in [5.74, 6) is 1.30. The zero-order valence-corrected chi connectivity index (χ0v) is 11.4. The van der Waals surface area contributed by atoms with Crippen LogP contribution in [-0.4, -0.2) is 38.9 Å². The molecule has 0 aliphatic rings. The number of aryl methyl sites for hydroxylation is 2. The number of urea groups is 1. The normalized spacial score (nSPS) is 10.4. The maximum Gasteiger partial charge on any atom is 0.319 e. The van der Waals surface area contributed by atoms with Crippen molar-refractivity contribution in [1.29, 1.82) is 0 Å². The predicted octanol–water partition coefficient (Wildman–Crippen LogP) is 1.32. The lowest BCUT2D eigenvalue weighted by Crippen LogP contribution is -2.30. The van der Waals surface area contributed by atoms with Crippen molar-refractivity contribution >= 4 is 23.5 Å². The number of hydrogen-bond acceptors (Lipinski definition) is 6. The molecule has 9 heteroatoms. The number of aromatic nitrogens is 4. The predicted molar refractivity (Wildman–Crippen MR) is 70.1 cm³/mol. The lowest BCUT2D eigenvalue weighted by molar-refractivity contribution is 0.252. The van der Waals surface area contributed by atoms with Gasteiger partial charge in [0.25, 0.3) is 0 Å². The molecule has 2 aromatic rings. The molecule has 0 aliphatic heterocycles. The van der Waals surface area contributed by atoms with E-state index in [1.807, 2.05) is 0 Å². The third-order valence-electron chi connectivity index (χ3n) is 2.30. The van der Waals surface area contributed by atoms with E-state index < -0.39 is 0 Å². The second-order valence-electron chi connectivity index (χ2n) is 3.74. The van der Waals surface area contributed by atoms with Crippen LogP contribution in [0.3, 0.4) is 0 Å². The molecule has 0 saturated carbocycles. The van der Waals surface area contributed by atoms with Gasteiger partial charge in [-0.2, -0.15) is 10.3 Å². The Balaban J connectivity index is 1.70. The summed E-state index contributed by atoms with van der Waals surface area (Å²) in [6.45, 7) is 4.04. The minimum absolute atomic E-state index is 0.282. The van der Waals surface area contributed by atoms with Crippen molar-refractivity contribution in [2.45, 2.75) is 18.9 Å². The first-order valence-electron chi connectivity index (χ1n) is 5.63. The molecule has 2 aromatic heterocycles. The molecule has 3 N–H and O–H groups in total. The summed E-state index contributed by atoms with van der Waals surface area (Å²) >= 11 is 1.51. The lowest BCUT2D eigenvalue weighted by atomic mass is 10.3. The zero-order valence-electron chi connectivity index (χ0n) is 10.6. The monoisotopic (exact) mass is 282 g/mol. The second-order valence-corrected chi connectivity index (χ2v) is 4.85. The SMILES string of the molecule is Cc1noc(C)c1NC(=O)NCCSc1cn[nH]n1. The number of carbonyl (C=O) groups excluding carboxylic acids is 1. The third-order valence-corrected chi connectivity index (χ3v) is 3.20. The molecule has 19 heavy (non-hydrogen) atoms. The van der Waals surface area contributed by atoms with E-state index in [0.717, 1.165) is 5.03 Å². The number of carbonyl (C=O) groups is 1. The van der Waals surface area contributed by atoms with E-state index >= 15 is 0 Å². The quantitative estimate of drug-likeness (QED) is 0.564. The highest BCUT2D eigenvalue weighted by atomic mass is 32.2. The number of nitrogens with zero attached hydrogens (tertiary/aromatic N) is 3. The second kappa shape index (κ2) is 6.23. The number of nitrogens with one attached hydrogen (secondary N) is 3. The minimum Gasteiger partial charge on any atom is -0.359 e. The maximum atomic E-state index is 11.6. The lowest BCUT2D eigenvalue weighted by Gasteiger charge is -2.06. The van der Waals surface area contributed by atoms with Gasteiger partial charge < -0.3 is 15.2 Å². The molecule has 2 amide bonds. The van der Waals surface area contributed by atoms with E-state index in [1.165, 1.54) is 11.8 Å². The van der Waals surface area contributed by atoms with Crippen molar-refractivity contribution in [1.82, 2.24) is 25.9 Å².